The Bertz CT molecular complexity index is 747. The second-order valence-corrected chi connectivity index (χ2v) is 5.57. The van der Waals surface area contributed by atoms with E-state index in [4.69, 9.17) is 16.3 Å². The van der Waals surface area contributed by atoms with E-state index in [0.717, 1.165) is 5.56 Å². The molecule has 0 spiro atoms. The summed E-state index contributed by atoms with van der Waals surface area (Å²) in [6.07, 6.45) is -0.300. The zero-order chi connectivity index (χ0) is 17.5. The lowest BCUT2D eigenvalue weighted by atomic mass is 10.2. The van der Waals surface area contributed by atoms with Crippen LogP contribution in [0.2, 0.25) is 5.02 Å². The van der Waals surface area contributed by atoms with Gasteiger partial charge in [-0.1, -0.05) is 29.8 Å². The predicted molar refractivity (Wildman–Crippen MR) is 95.7 cm³/mol. The highest BCUT2D eigenvalue weighted by atomic mass is 35.5. The van der Waals surface area contributed by atoms with Crippen LogP contribution in [0.15, 0.2) is 42.5 Å². The number of nitrogens with one attached hydrogen (secondary N) is 2. The number of ether oxygens (including phenoxy) is 1. The number of anilines is 2. The molecule has 2 rings (SSSR count). The molecule has 0 unspecified atom stereocenters. The number of aryl methyl sites for hydroxylation is 1. The van der Waals surface area contributed by atoms with Crippen molar-refractivity contribution in [1.82, 2.24) is 0 Å². The number of benzene rings is 2. The first-order valence-corrected chi connectivity index (χ1v) is 7.95. The van der Waals surface area contributed by atoms with Crippen molar-refractivity contribution in [3.05, 3.63) is 53.1 Å². The van der Waals surface area contributed by atoms with E-state index in [-0.39, 0.29) is 6.42 Å². The number of rotatable bonds is 6. The number of hydrogen-bond donors (Lipinski definition) is 2. The first-order chi connectivity index (χ1) is 11.5. The molecule has 0 saturated carbocycles. The summed E-state index contributed by atoms with van der Waals surface area (Å²) >= 11 is 6.01. The Kier molecular flexibility index (Phi) is 6.21. The van der Waals surface area contributed by atoms with E-state index < -0.39 is 11.8 Å². The Labute approximate surface area is 146 Å². The van der Waals surface area contributed by atoms with Gasteiger partial charge in [-0.2, -0.15) is 0 Å². The van der Waals surface area contributed by atoms with Crippen LogP contribution in [0.5, 0.6) is 5.75 Å². The van der Waals surface area contributed by atoms with Crippen molar-refractivity contribution in [2.24, 2.45) is 0 Å². The molecule has 2 aromatic carbocycles. The van der Waals surface area contributed by atoms with E-state index in [9.17, 15) is 9.59 Å². The molecular formula is C18H19ClN2O3. The molecule has 0 aliphatic rings. The molecule has 2 N–H and O–H groups in total. The molecule has 126 valence electrons. The van der Waals surface area contributed by atoms with E-state index >= 15 is 0 Å². The Balaban J connectivity index is 1.94. The highest BCUT2D eigenvalue weighted by Crippen LogP contribution is 2.24. The standard InChI is InChI=1S/C18H19ClN2O3/c1-3-24-16-7-5-4-6-15(16)21-18(23)11-17(22)20-13-9-8-12(2)14(19)10-13/h4-10H,3,11H2,1-2H3,(H,20,22)(H,21,23). The maximum atomic E-state index is 12.0. The molecule has 2 amide bonds. The van der Waals surface area contributed by atoms with Crippen molar-refractivity contribution < 1.29 is 14.3 Å². The van der Waals surface area contributed by atoms with Gasteiger partial charge < -0.3 is 15.4 Å². The van der Waals surface area contributed by atoms with Gasteiger partial charge in [-0.3, -0.25) is 9.59 Å². The minimum atomic E-state index is -0.419. The van der Waals surface area contributed by atoms with Gasteiger partial charge in [0.2, 0.25) is 11.8 Å². The largest absolute Gasteiger partial charge is 0.492 e. The van der Waals surface area contributed by atoms with Crippen molar-refractivity contribution in [3.8, 4) is 5.75 Å². The van der Waals surface area contributed by atoms with Crippen LogP contribution >= 0.6 is 11.6 Å². The van der Waals surface area contributed by atoms with Crippen LogP contribution < -0.4 is 15.4 Å². The maximum absolute atomic E-state index is 12.0. The quantitative estimate of drug-likeness (QED) is 0.776. The van der Waals surface area contributed by atoms with Crippen LogP contribution in [0.3, 0.4) is 0 Å². The number of carbonyl (C=O) groups excluding carboxylic acids is 2. The number of halogens is 1. The Morgan fingerprint density at radius 1 is 1.08 bits per heavy atom. The van der Waals surface area contributed by atoms with Gasteiger partial charge >= 0.3 is 0 Å². The van der Waals surface area contributed by atoms with E-state index in [0.29, 0.717) is 28.8 Å². The van der Waals surface area contributed by atoms with Gasteiger partial charge in [0.1, 0.15) is 12.2 Å². The smallest absolute Gasteiger partial charge is 0.233 e. The van der Waals surface area contributed by atoms with Crippen LogP contribution in [0, 0.1) is 6.92 Å². The van der Waals surface area contributed by atoms with Crippen LogP contribution in [0.1, 0.15) is 18.9 Å². The average Bonchev–Trinajstić information content (AvgIpc) is 2.53. The maximum Gasteiger partial charge on any atom is 0.233 e. The molecule has 0 fully saturated rings. The van der Waals surface area contributed by atoms with Crippen LogP contribution in [0.4, 0.5) is 11.4 Å². The molecule has 0 aliphatic carbocycles. The Hall–Kier alpha value is -2.53. The first-order valence-electron chi connectivity index (χ1n) is 7.57. The van der Waals surface area contributed by atoms with E-state index in [1.807, 2.05) is 19.9 Å². The highest BCUT2D eigenvalue weighted by Gasteiger charge is 2.12. The monoisotopic (exact) mass is 346 g/mol. The zero-order valence-electron chi connectivity index (χ0n) is 13.6. The van der Waals surface area contributed by atoms with Crippen LogP contribution in [-0.4, -0.2) is 18.4 Å². The number of hydrogen-bond acceptors (Lipinski definition) is 3. The molecule has 0 radical (unpaired) electrons. The van der Waals surface area contributed by atoms with Crippen molar-refractivity contribution in [2.75, 3.05) is 17.2 Å². The molecule has 0 bridgehead atoms. The lowest BCUT2D eigenvalue weighted by molar-refractivity contribution is -0.123. The van der Waals surface area contributed by atoms with Gasteiger partial charge in [-0.15, -0.1) is 0 Å². The average molecular weight is 347 g/mol. The molecule has 0 saturated heterocycles. The summed E-state index contributed by atoms with van der Waals surface area (Å²) in [5, 5.41) is 5.89. The summed E-state index contributed by atoms with van der Waals surface area (Å²) in [4.78, 5) is 24.0. The third-order valence-electron chi connectivity index (χ3n) is 3.24. The van der Waals surface area contributed by atoms with Gasteiger partial charge in [0.15, 0.2) is 0 Å². The predicted octanol–water partition coefficient (Wildman–Crippen LogP) is 4.01. The summed E-state index contributed by atoms with van der Waals surface area (Å²) in [6, 6.07) is 12.3. The highest BCUT2D eigenvalue weighted by molar-refractivity contribution is 6.31. The summed E-state index contributed by atoms with van der Waals surface area (Å²) in [5.74, 6) is -0.266. The number of carbonyl (C=O) groups is 2. The molecule has 0 aliphatic heterocycles. The summed E-state index contributed by atoms with van der Waals surface area (Å²) in [5.41, 5.74) is 2.01. The van der Waals surface area contributed by atoms with Gasteiger partial charge in [0.05, 0.1) is 12.3 Å². The Morgan fingerprint density at radius 3 is 2.50 bits per heavy atom. The second kappa shape index (κ2) is 8.36. The van der Waals surface area contributed by atoms with Gasteiger partial charge in [0.25, 0.3) is 0 Å². The molecule has 5 nitrogen and oxygen atoms in total. The van der Waals surface area contributed by atoms with Gasteiger partial charge in [-0.05, 0) is 43.7 Å². The van der Waals surface area contributed by atoms with Gasteiger partial charge in [-0.25, -0.2) is 0 Å². The van der Waals surface area contributed by atoms with Gasteiger partial charge in [0, 0.05) is 10.7 Å². The summed E-state index contributed by atoms with van der Waals surface area (Å²) in [7, 11) is 0. The fraction of sp³-hybridized carbons (Fsp3) is 0.222. The zero-order valence-corrected chi connectivity index (χ0v) is 14.3. The van der Waals surface area contributed by atoms with E-state index in [1.165, 1.54) is 0 Å². The fourth-order valence-corrected chi connectivity index (χ4v) is 2.25. The number of para-hydroxylation sites is 2. The van der Waals surface area contributed by atoms with Crippen molar-refractivity contribution >= 4 is 34.8 Å². The van der Waals surface area contributed by atoms with Crippen LogP contribution in [-0.2, 0) is 9.59 Å². The molecular weight excluding hydrogens is 328 g/mol. The molecule has 2 aromatic rings. The molecule has 0 heterocycles. The number of amides is 2. The molecule has 0 atom stereocenters. The summed E-state index contributed by atoms with van der Waals surface area (Å²) in [6.45, 7) is 4.22. The Morgan fingerprint density at radius 2 is 1.79 bits per heavy atom. The van der Waals surface area contributed by atoms with Crippen molar-refractivity contribution in [2.45, 2.75) is 20.3 Å². The lowest BCUT2D eigenvalue weighted by Gasteiger charge is -2.11. The van der Waals surface area contributed by atoms with Crippen LogP contribution in [0.25, 0.3) is 0 Å². The minimum Gasteiger partial charge on any atom is -0.492 e. The molecule has 6 heteroatoms. The lowest BCUT2D eigenvalue weighted by Crippen LogP contribution is -2.21. The second-order valence-electron chi connectivity index (χ2n) is 5.17. The third-order valence-corrected chi connectivity index (χ3v) is 3.64. The minimum absolute atomic E-state index is 0.300. The summed E-state index contributed by atoms with van der Waals surface area (Å²) < 4.78 is 5.43. The third kappa shape index (κ3) is 4.99. The first kappa shape index (κ1) is 17.8. The SMILES string of the molecule is CCOc1ccccc1NC(=O)CC(=O)Nc1ccc(C)c(Cl)c1. The molecule has 0 aromatic heterocycles. The molecule has 24 heavy (non-hydrogen) atoms. The normalized spacial score (nSPS) is 10.1. The topological polar surface area (TPSA) is 67.4 Å². The van der Waals surface area contributed by atoms with E-state index in [2.05, 4.69) is 10.6 Å². The van der Waals surface area contributed by atoms with Crippen molar-refractivity contribution in [1.29, 1.82) is 0 Å². The van der Waals surface area contributed by atoms with Crippen molar-refractivity contribution in [3.63, 3.8) is 0 Å². The van der Waals surface area contributed by atoms with E-state index in [1.54, 1.807) is 36.4 Å². The fourth-order valence-electron chi connectivity index (χ4n) is 2.07.